The summed E-state index contributed by atoms with van der Waals surface area (Å²) < 4.78 is 1.09. The van der Waals surface area contributed by atoms with E-state index in [0.717, 1.165) is 21.4 Å². The minimum Gasteiger partial charge on any atom is -0.365 e. The first kappa shape index (κ1) is 17.5. The van der Waals surface area contributed by atoms with Gasteiger partial charge < -0.3 is 16.4 Å². The van der Waals surface area contributed by atoms with Gasteiger partial charge in [0.15, 0.2) is 10.8 Å². The van der Waals surface area contributed by atoms with Crippen LogP contribution in [0.25, 0.3) is 10.8 Å². The molecule has 0 atom stereocenters. The summed E-state index contributed by atoms with van der Waals surface area (Å²) in [5.41, 5.74) is 5.51. The summed E-state index contributed by atoms with van der Waals surface area (Å²) >= 11 is 1.07. The minimum atomic E-state index is -0.755. The molecule has 0 spiro atoms. The molecule has 0 aliphatic rings. The monoisotopic (exact) mass is 372 g/mol. The second kappa shape index (κ2) is 6.92. The minimum absolute atomic E-state index is 0.0392. The summed E-state index contributed by atoms with van der Waals surface area (Å²) in [6, 6.07) is 7.07. The van der Waals surface area contributed by atoms with Crippen LogP contribution in [0.4, 0.5) is 10.1 Å². The van der Waals surface area contributed by atoms with E-state index in [1.54, 1.807) is 32.2 Å². The van der Waals surface area contributed by atoms with Crippen molar-refractivity contribution in [3.8, 4) is 0 Å². The topological polar surface area (TPSA) is 132 Å². The lowest BCUT2D eigenvalue weighted by Crippen LogP contribution is -2.30. The van der Waals surface area contributed by atoms with Crippen LogP contribution in [0, 0.1) is 6.92 Å². The molecule has 4 N–H and O–H groups in total. The van der Waals surface area contributed by atoms with Crippen molar-refractivity contribution >= 4 is 44.1 Å². The number of nitrogens with one attached hydrogen (secondary N) is 2. The number of anilines is 2. The molecule has 3 rings (SSSR count). The van der Waals surface area contributed by atoms with Crippen LogP contribution < -0.4 is 21.9 Å². The Morgan fingerprint density at radius 3 is 2.62 bits per heavy atom. The van der Waals surface area contributed by atoms with Gasteiger partial charge in [-0.2, -0.15) is 5.10 Å². The lowest BCUT2D eigenvalue weighted by atomic mass is 10.1. The van der Waals surface area contributed by atoms with Gasteiger partial charge in [0, 0.05) is 12.4 Å². The number of amides is 2. The molecule has 0 saturated heterocycles. The van der Waals surface area contributed by atoms with Gasteiger partial charge in [0.2, 0.25) is 5.91 Å². The Balaban J connectivity index is 1.89. The van der Waals surface area contributed by atoms with Crippen LogP contribution in [0.2, 0.25) is 0 Å². The fourth-order valence-corrected chi connectivity index (χ4v) is 3.33. The van der Waals surface area contributed by atoms with Crippen LogP contribution in [0.15, 0.2) is 29.1 Å². The number of hydrogen-bond acceptors (Lipinski definition) is 7. The maximum Gasteiger partial charge on any atom is 0.275 e. The van der Waals surface area contributed by atoms with Gasteiger partial charge >= 0.3 is 0 Å². The molecule has 9 nitrogen and oxygen atoms in total. The highest BCUT2D eigenvalue weighted by atomic mass is 32.1. The third-order valence-corrected chi connectivity index (χ3v) is 4.66. The van der Waals surface area contributed by atoms with E-state index >= 15 is 0 Å². The van der Waals surface area contributed by atoms with Crippen LogP contribution in [0.3, 0.4) is 0 Å². The zero-order chi connectivity index (χ0) is 18.8. The van der Waals surface area contributed by atoms with Crippen molar-refractivity contribution in [2.24, 2.45) is 5.73 Å². The number of thiazole rings is 1. The molecule has 0 aliphatic carbocycles. The molecule has 2 amide bonds. The zero-order valence-corrected chi connectivity index (χ0v) is 14.9. The van der Waals surface area contributed by atoms with E-state index in [1.807, 2.05) is 6.07 Å². The molecule has 10 heteroatoms. The summed E-state index contributed by atoms with van der Waals surface area (Å²) in [6.07, 6.45) is 0. The number of carbonyl (C=O) groups excluding carboxylic acids is 2. The van der Waals surface area contributed by atoms with Crippen LogP contribution in [0.5, 0.6) is 0 Å². The average molecular weight is 372 g/mol. The number of aryl methyl sites for hydroxylation is 1. The van der Waals surface area contributed by atoms with Gasteiger partial charge in [-0.25, -0.2) is 9.67 Å². The number of nitrogens with zero attached hydrogens (tertiary/aromatic N) is 3. The van der Waals surface area contributed by atoms with Crippen molar-refractivity contribution in [3.05, 3.63) is 46.0 Å². The first-order chi connectivity index (χ1) is 12.4. The Morgan fingerprint density at radius 1 is 1.27 bits per heavy atom. The van der Waals surface area contributed by atoms with Gasteiger partial charge in [0.1, 0.15) is 11.5 Å². The summed E-state index contributed by atoms with van der Waals surface area (Å²) in [5, 5.41) is 11.4. The van der Waals surface area contributed by atoms with Crippen LogP contribution in [-0.4, -0.2) is 33.6 Å². The molecule has 0 unspecified atom stereocenters. The Kier molecular flexibility index (Phi) is 4.67. The third kappa shape index (κ3) is 3.26. The van der Waals surface area contributed by atoms with Crippen molar-refractivity contribution in [1.29, 1.82) is 0 Å². The van der Waals surface area contributed by atoms with Gasteiger partial charge in [0.05, 0.1) is 11.1 Å². The highest BCUT2D eigenvalue weighted by Gasteiger charge is 2.18. The molecular weight excluding hydrogens is 356 g/mol. The van der Waals surface area contributed by atoms with Gasteiger partial charge in [-0.05, 0) is 13.0 Å². The number of nitrogens with two attached hydrogens (primary N) is 1. The molecule has 2 heterocycles. The second-order valence-electron chi connectivity index (χ2n) is 5.45. The second-order valence-corrected chi connectivity index (χ2v) is 6.45. The highest BCUT2D eigenvalue weighted by Crippen LogP contribution is 2.27. The summed E-state index contributed by atoms with van der Waals surface area (Å²) in [7, 11) is 1.64. The van der Waals surface area contributed by atoms with Gasteiger partial charge in [0.25, 0.3) is 11.5 Å². The molecule has 26 heavy (non-hydrogen) atoms. The average Bonchev–Trinajstić information content (AvgIpc) is 3.02. The van der Waals surface area contributed by atoms with E-state index < -0.39 is 11.8 Å². The SMILES string of the molecule is CNc1nc(C(N)=O)c(NC(=O)Cn2nc(C)c3ccccc3c2=O)s1. The van der Waals surface area contributed by atoms with Crippen LogP contribution in [-0.2, 0) is 11.3 Å². The van der Waals surface area contributed by atoms with Gasteiger partial charge in [-0.1, -0.05) is 29.5 Å². The van der Waals surface area contributed by atoms with Crippen molar-refractivity contribution < 1.29 is 9.59 Å². The van der Waals surface area contributed by atoms with E-state index in [2.05, 4.69) is 20.7 Å². The van der Waals surface area contributed by atoms with Crippen LogP contribution >= 0.6 is 11.3 Å². The molecular formula is C16H16N6O3S. The number of rotatable bonds is 5. The Bertz CT molecular complexity index is 1070. The molecule has 134 valence electrons. The molecule has 0 saturated carbocycles. The number of fused-ring (bicyclic) bond motifs is 1. The molecule has 1 aromatic carbocycles. The summed E-state index contributed by atoms with van der Waals surface area (Å²) in [4.78, 5) is 40.3. The number of primary amides is 1. The smallest absolute Gasteiger partial charge is 0.275 e. The van der Waals surface area contributed by atoms with Gasteiger partial charge in [-0.15, -0.1) is 0 Å². The molecule has 3 aromatic rings. The summed E-state index contributed by atoms with van der Waals surface area (Å²) in [5.74, 6) is -1.27. The maximum atomic E-state index is 12.5. The Hall–Kier alpha value is -3.27. The molecule has 0 aliphatic heterocycles. The standard InChI is InChI=1S/C16H16N6O3S/c1-8-9-5-3-4-6-10(9)15(25)22(21-8)7-11(23)19-14-12(13(17)24)20-16(18-2)26-14/h3-6H,7H2,1-2H3,(H2,17,24)(H,18,20)(H,19,23). The molecule has 0 fully saturated rings. The van der Waals surface area contributed by atoms with E-state index in [0.29, 0.717) is 16.2 Å². The Morgan fingerprint density at radius 2 is 1.96 bits per heavy atom. The lowest BCUT2D eigenvalue weighted by Gasteiger charge is -2.09. The van der Waals surface area contributed by atoms with Crippen molar-refractivity contribution in [2.45, 2.75) is 13.5 Å². The maximum absolute atomic E-state index is 12.5. The number of aromatic nitrogens is 3. The fraction of sp³-hybridized carbons (Fsp3) is 0.188. The molecule has 2 aromatic heterocycles. The third-order valence-electron chi connectivity index (χ3n) is 3.67. The van der Waals surface area contributed by atoms with E-state index in [-0.39, 0.29) is 22.8 Å². The molecule has 0 radical (unpaired) electrons. The lowest BCUT2D eigenvalue weighted by molar-refractivity contribution is -0.116. The number of benzene rings is 1. The Labute approximate surface area is 151 Å². The van der Waals surface area contributed by atoms with Crippen molar-refractivity contribution in [1.82, 2.24) is 14.8 Å². The van der Waals surface area contributed by atoms with E-state index in [4.69, 9.17) is 5.73 Å². The predicted molar refractivity (Wildman–Crippen MR) is 99.5 cm³/mol. The molecule has 0 bridgehead atoms. The number of hydrogen-bond donors (Lipinski definition) is 3. The largest absolute Gasteiger partial charge is 0.365 e. The normalized spacial score (nSPS) is 10.7. The highest BCUT2D eigenvalue weighted by molar-refractivity contribution is 7.20. The summed E-state index contributed by atoms with van der Waals surface area (Å²) in [6.45, 7) is 1.47. The quantitative estimate of drug-likeness (QED) is 0.611. The first-order valence-corrected chi connectivity index (χ1v) is 8.47. The predicted octanol–water partition coefficient (Wildman–Crippen LogP) is 0.941. The van der Waals surface area contributed by atoms with E-state index in [1.165, 1.54) is 0 Å². The van der Waals surface area contributed by atoms with Crippen LogP contribution in [0.1, 0.15) is 16.2 Å². The van der Waals surface area contributed by atoms with Crippen molar-refractivity contribution in [2.75, 3.05) is 17.7 Å². The van der Waals surface area contributed by atoms with Crippen molar-refractivity contribution in [3.63, 3.8) is 0 Å². The first-order valence-electron chi connectivity index (χ1n) is 7.65. The number of carbonyl (C=O) groups is 2. The fourth-order valence-electron chi connectivity index (χ4n) is 2.49. The zero-order valence-electron chi connectivity index (χ0n) is 14.1. The van der Waals surface area contributed by atoms with E-state index in [9.17, 15) is 14.4 Å². The van der Waals surface area contributed by atoms with Gasteiger partial charge in [-0.3, -0.25) is 14.4 Å².